The molecule has 1 heterocycles. The van der Waals surface area contributed by atoms with Crippen molar-refractivity contribution in [1.82, 2.24) is 9.62 Å². The first-order valence-electron chi connectivity index (χ1n) is 5.84. The standard InChI is InChI=1S/C12H18N2O2S/c1-11-9-13-7-8-17(15,16)14(11)10-12-5-3-2-4-6-12/h2-6,11,13H,7-10H2,1H3. The van der Waals surface area contributed by atoms with E-state index in [1.165, 1.54) is 0 Å². The molecule has 5 heteroatoms. The first kappa shape index (κ1) is 12.5. The molecule has 1 fully saturated rings. The SMILES string of the molecule is CC1CNCCS(=O)(=O)N1Cc1ccccc1. The van der Waals surface area contributed by atoms with Gasteiger partial charge in [-0.15, -0.1) is 0 Å². The maximum Gasteiger partial charge on any atom is 0.215 e. The van der Waals surface area contributed by atoms with Crippen LogP contribution in [0.5, 0.6) is 0 Å². The molecule has 1 N–H and O–H groups in total. The van der Waals surface area contributed by atoms with E-state index >= 15 is 0 Å². The first-order valence-corrected chi connectivity index (χ1v) is 7.45. The monoisotopic (exact) mass is 254 g/mol. The summed E-state index contributed by atoms with van der Waals surface area (Å²) in [6, 6.07) is 9.72. The summed E-state index contributed by atoms with van der Waals surface area (Å²) in [7, 11) is -3.14. The second kappa shape index (κ2) is 5.16. The molecule has 0 radical (unpaired) electrons. The van der Waals surface area contributed by atoms with Crippen molar-refractivity contribution in [2.75, 3.05) is 18.8 Å². The molecule has 1 atom stereocenters. The Morgan fingerprint density at radius 1 is 1.35 bits per heavy atom. The number of rotatable bonds is 2. The summed E-state index contributed by atoms with van der Waals surface area (Å²) in [4.78, 5) is 0. The fourth-order valence-corrected chi connectivity index (χ4v) is 3.63. The Morgan fingerprint density at radius 2 is 2.06 bits per heavy atom. The Kier molecular flexibility index (Phi) is 3.81. The van der Waals surface area contributed by atoms with Crippen molar-refractivity contribution in [3.63, 3.8) is 0 Å². The van der Waals surface area contributed by atoms with Gasteiger partial charge < -0.3 is 5.32 Å². The number of hydrogen-bond donors (Lipinski definition) is 1. The molecule has 17 heavy (non-hydrogen) atoms. The van der Waals surface area contributed by atoms with Crippen molar-refractivity contribution in [3.8, 4) is 0 Å². The van der Waals surface area contributed by atoms with Crippen molar-refractivity contribution in [2.24, 2.45) is 0 Å². The molecule has 0 spiro atoms. The minimum Gasteiger partial charge on any atom is -0.314 e. The minimum atomic E-state index is -3.14. The largest absolute Gasteiger partial charge is 0.314 e. The van der Waals surface area contributed by atoms with Crippen molar-refractivity contribution in [1.29, 1.82) is 0 Å². The van der Waals surface area contributed by atoms with Gasteiger partial charge in [-0.3, -0.25) is 0 Å². The summed E-state index contributed by atoms with van der Waals surface area (Å²) in [6.07, 6.45) is 0. The summed E-state index contributed by atoms with van der Waals surface area (Å²) in [5.74, 6) is 0.185. The number of hydrogen-bond acceptors (Lipinski definition) is 3. The van der Waals surface area contributed by atoms with Gasteiger partial charge in [-0.1, -0.05) is 30.3 Å². The zero-order valence-corrected chi connectivity index (χ0v) is 10.8. The van der Waals surface area contributed by atoms with Gasteiger partial charge in [-0.2, -0.15) is 4.31 Å². The van der Waals surface area contributed by atoms with Crippen LogP contribution in [0.15, 0.2) is 30.3 Å². The third-order valence-corrected chi connectivity index (χ3v) is 4.93. The summed E-state index contributed by atoms with van der Waals surface area (Å²) in [5, 5.41) is 3.15. The molecule has 4 nitrogen and oxygen atoms in total. The fourth-order valence-electron chi connectivity index (χ4n) is 2.02. The van der Waals surface area contributed by atoms with Crippen LogP contribution in [0.25, 0.3) is 0 Å². The van der Waals surface area contributed by atoms with Gasteiger partial charge in [-0.25, -0.2) is 8.42 Å². The molecule has 1 unspecified atom stereocenters. The molecule has 1 aliphatic rings. The van der Waals surface area contributed by atoms with Gasteiger partial charge in [0.2, 0.25) is 10.0 Å². The molecule has 0 saturated carbocycles. The Hall–Kier alpha value is -0.910. The minimum absolute atomic E-state index is 0.00251. The average molecular weight is 254 g/mol. The highest BCUT2D eigenvalue weighted by Gasteiger charge is 2.29. The summed E-state index contributed by atoms with van der Waals surface area (Å²) in [6.45, 7) is 3.66. The van der Waals surface area contributed by atoms with Crippen molar-refractivity contribution >= 4 is 10.0 Å². The molecular weight excluding hydrogens is 236 g/mol. The average Bonchev–Trinajstić information content (AvgIpc) is 2.43. The van der Waals surface area contributed by atoms with Gasteiger partial charge in [0.1, 0.15) is 0 Å². The van der Waals surface area contributed by atoms with Crippen LogP contribution in [-0.4, -0.2) is 37.6 Å². The summed E-state index contributed by atoms with van der Waals surface area (Å²) in [5.41, 5.74) is 1.03. The van der Waals surface area contributed by atoms with E-state index in [0.717, 1.165) is 5.56 Å². The smallest absolute Gasteiger partial charge is 0.215 e. The van der Waals surface area contributed by atoms with E-state index in [0.29, 0.717) is 19.6 Å². The molecular formula is C12H18N2O2S. The highest BCUT2D eigenvalue weighted by molar-refractivity contribution is 7.89. The Bertz CT molecular complexity index is 459. The molecule has 94 valence electrons. The Morgan fingerprint density at radius 3 is 2.76 bits per heavy atom. The van der Waals surface area contributed by atoms with Crippen molar-refractivity contribution < 1.29 is 8.42 Å². The van der Waals surface area contributed by atoms with Crippen LogP contribution in [0, 0.1) is 0 Å². The van der Waals surface area contributed by atoms with Crippen LogP contribution >= 0.6 is 0 Å². The maximum atomic E-state index is 12.1. The highest BCUT2D eigenvalue weighted by atomic mass is 32.2. The molecule has 1 aromatic rings. The normalized spacial score (nSPS) is 25.4. The van der Waals surface area contributed by atoms with E-state index in [9.17, 15) is 8.42 Å². The third kappa shape index (κ3) is 3.06. The van der Waals surface area contributed by atoms with Crippen LogP contribution in [0.1, 0.15) is 12.5 Å². The summed E-state index contributed by atoms with van der Waals surface area (Å²) < 4.78 is 25.8. The van der Waals surface area contributed by atoms with Crippen LogP contribution < -0.4 is 5.32 Å². The van der Waals surface area contributed by atoms with Crippen LogP contribution in [0.3, 0.4) is 0 Å². The van der Waals surface area contributed by atoms with E-state index in [1.807, 2.05) is 37.3 Å². The lowest BCUT2D eigenvalue weighted by atomic mass is 10.2. The molecule has 2 rings (SSSR count). The van der Waals surface area contributed by atoms with Gasteiger partial charge in [-0.05, 0) is 12.5 Å². The number of nitrogens with one attached hydrogen (secondary N) is 1. The lowest BCUT2D eigenvalue weighted by molar-refractivity contribution is 0.332. The zero-order chi connectivity index (χ0) is 12.3. The molecule has 1 saturated heterocycles. The third-order valence-electron chi connectivity index (χ3n) is 3.01. The zero-order valence-electron chi connectivity index (χ0n) is 9.96. The second-order valence-electron chi connectivity index (χ2n) is 4.40. The van der Waals surface area contributed by atoms with E-state index in [2.05, 4.69) is 5.32 Å². The predicted octanol–water partition coefficient (Wildman–Crippen LogP) is 0.810. The topological polar surface area (TPSA) is 49.4 Å². The van der Waals surface area contributed by atoms with Gasteiger partial charge in [0.05, 0.1) is 5.75 Å². The van der Waals surface area contributed by atoms with E-state index in [1.54, 1.807) is 4.31 Å². The van der Waals surface area contributed by atoms with E-state index in [-0.39, 0.29) is 11.8 Å². The molecule has 1 aliphatic heterocycles. The first-order chi connectivity index (χ1) is 8.09. The maximum absolute atomic E-state index is 12.1. The Labute approximate surface area is 103 Å². The lowest BCUT2D eigenvalue weighted by Gasteiger charge is -2.25. The molecule has 1 aromatic carbocycles. The lowest BCUT2D eigenvalue weighted by Crippen LogP contribution is -2.40. The molecule has 0 bridgehead atoms. The van der Waals surface area contributed by atoms with Crippen LogP contribution in [-0.2, 0) is 16.6 Å². The summed E-state index contributed by atoms with van der Waals surface area (Å²) >= 11 is 0. The Balaban J connectivity index is 2.21. The number of sulfonamides is 1. The second-order valence-corrected chi connectivity index (χ2v) is 6.44. The number of nitrogens with zero attached hydrogens (tertiary/aromatic N) is 1. The predicted molar refractivity (Wildman–Crippen MR) is 68.1 cm³/mol. The van der Waals surface area contributed by atoms with Crippen molar-refractivity contribution in [3.05, 3.63) is 35.9 Å². The quantitative estimate of drug-likeness (QED) is 0.849. The van der Waals surface area contributed by atoms with Gasteiger partial charge >= 0.3 is 0 Å². The van der Waals surface area contributed by atoms with Gasteiger partial charge in [0, 0.05) is 25.7 Å². The van der Waals surface area contributed by atoms with Crippen LogP contribution in [0.4, 0.5) is 0 Å². The highest BCUT2D eigenvalue weighted by Crippen LogP contribution is 2.15. The van der Waals surface area contributed by atoms with Gasteiger partial charge in [0.25, 0.3) is 0 Å². The van der Waals surface area contributed by atoms with Crippen molar-refractivity contribution in [2.45, 2.75) is 19.5 Å². The molecule has 0 amide bonds. The van der Waals surface area contributed by atoms with E-state index < -0.39 is 10.0 Å². The molecule has 0 aromatic heterocycles. The van der Waals surface area contributed by atoms with Crippen LogP contribution in [0.2, 0.25) is 0 Å². The fraction of sp³-hybridized carbons (Fsp3) is 0.500. The molecule has 0 aliphatic carbocycles. The van der Waals surface area contributed by atoms with E-state index in [4.69, 9.17) is 0 Å². The van der Waals surface area contributed by atoms with Gasteiger partial charge in [0.15, 0.2) is 0 Å². The number of benzene rings is 1.